The predicted molar refractivity (Wildman–Crippen MR) is 118 cm³/mol. The van der Waals surface area contributed by atoms with Gasteiger partial charge >= 0.3 is 0 Å². The fourth-order valence-corrected chi connectivity index (χ4v) is 4.15. The fraction of sp³-hybridized carbons (Fsp3) is 0.130. The van der Waals surface area contributed by atoms with E-state index in [9.17, 15) is 14.4 Å². The fourth-order valence-electron chi connectivity index (χ4n) is 3.31. The lowest BCUT2D eigenvalue weighted by Gasteiger charge is -2.20. The van der Waals surface area contributed by atoms with Crippen LogP contribution in [0.4, 0.5) is 10.8 Å². The van der Waals surface area contributed by atoms with Gasteiger partial charge in [-0.3, -0.25) is 24.2 Å². The lowest BCUT2D eigenvalue weighted by molar-refractivity contribution is -0.121. The van der Waals surface area contributed by atoms with Crippen LogP contribution in [0.15, 0.2) is 72.6 Å². The van der Waals surface area contributed by atoms with Gasteiger partial charge < -0.3 is 0 Å². The summed E-state index contributed by atoms with van der Waals surface area (Å²) < 4.78 is 0. The number of carbonyl (C=O) groups excluding carboxylic acids is 3. The molecular formula is C23H19N3O3S. The standard InChI is InChI=1S/C23H19N3O3S/c1-2-13-25(23-24-19(15-30-23)16-7-4-3-5-8-16)22(29)17-9-6-10-18(14-17)26-20(27)11-12-21(26)28/h2-10,14-15H,1,11-13H2. The van der Waals surface area contributed by atoms with E-state index in [1.54, 1.807) is 30.3 Å². The highest BCUT2D eigenvalue weighted by Gasteiger charge is 2.31. The summed E-state index contributed by atoms with van der Waals surface area (Å²) in [6.07, 6.45) is 2.03. The molecule has 0 N–H and O–H groups in total. The van der Waals surface area contributed by atoms with Crippen LogP contribution in [0, 0.1) is 0 Å². The molecule has 0 spiro atoms. The van der Waals surface area contributed by atoms with Gasteiger partial charge in [-0.15, -0.1) is 17.9 Å². The number of amides is 3. The van der Waals surface area contributed by atoms with Gasteiger partial charge in [0.1, 0.15) is 0 Å². The number of rotatable bonds is 6. The molecule has 1 aliphatic rings. The molecule has 1 aliphatic heterocycles. The van der Waals surface area contributed by atoms with Crippen molar-refractivity contribution in [1.82, 2.24) is 4.98 Å². The van der Waals surface area contributed by atoms with E-state index in [0.717, 1.165) is 16.2 Å². The van der Waals surface area contributed by atoms with Crippen molar-refractivity contribution in [3.05, 3.63) is 78.2 Å². The van der Waals surface area contributed by atoms with Crippen LogP contribution in [0.1, 0.15) is 23.2 Å². The number of thiazole rings is 1. The normalized spacial score (nSPS) is 13.5. The SMILES string of the molecule is C=CCN(C(=O)c1cccc(N2C(=O)CCC2=O)c1)c1nc(-c2ccccc2)cs1. The molecule has 0 radical (unpaired) electrons. The Bertz CT molecular complexity index is 1110. The van der Waals surface area contributed by atoms with Gasteiger partial charge in [-0.1, -0.05) is 42.5 Å². The van der Waals surface area contributed by atoms with Gasteiger partial charge in [0.15, 0.2) is 5.13 Å². The first-order valence-corrected chi connectivity index (χ1v) is 10.4. The number of imide groups is 1. The first-order valence-electron chi connectivity index (χ1n) is 9.48. The van der Waals surface area contributed by atoms with E-state index in [2.05, 4.69) is 11.6 Å². The third-order valence-electron chi connectivity index (χ3n) is 4.75. The lowest BCUT2D eigenvalue weighted by Crippen LogP contribution is -2.32. The van der Waals surface area contributed by atoms with Gasteiger partial charge in [-0.05, 0) is 18.2 Å². The Morgan fingerprint density at radius 2 is 1.83 bits per heavy atom. The molecule has 3 aromatic rings. The molecule has 1 fully saturated rings. The third-order valence-corrected chi connectivity index (χ3v) is 5.62. The maximum atomic E-state index is 13.3. The molecule has 6 nitrogen and oxygen atoms in total. The molecule has 1 saturated heterocycles. The zero-order valence-electron chi connectivity index (χ0n) is 16.2. The molecule has 0 saturated carbocycles. The number of anilines is 2. The highest BCUT2D eigenvalue weighted by molar-refractivity contribution is 7.14. The quantitative estimate of drug-likeness (QED) is 0.443. The summed E-state index contributed by atoms with van der Waals surface area (Å²) in [6.45, 7) is 4.04. The van der Waals surface area contributed by atoms with Gasteiger partial charge in [-0.25, -0.2) is 4.98 Å². The van der Waals surface area contributed by atoms with E-state index in [-0.39, 0.29) is 37.1 Å². The van der Waals surface area contributed by atoms with E-state index in [1.807, 2.05) is 35.7 Å². The van der Waals surface area contributed by atoms with Crippen LogP contribution in [0.5, 0.6) is 0 Å². The minimum atomic E-state index is -0.273. The molecule has 3 amide bonds. The molecule has 150 valence electrons. The van der Waals surface area contributed by atoms with Crippen molar-refractivity contribution in [2.75, 3.05) is 16.3 Å². The smallest absolute Gasteiger partial charge is 0.260 e. The number of benzene rings is 2. The van der Waals surface area contributed by atoms with Crippen molar-refractivity contribution < 1.29 is 14.4 Å². The zero-order chi connectivity index (χ0) is 21.1. The van der Waals surface area contributed by atoms with Crippen LogP contribution < -0.4 is 9.80 Å². The van der Waals surface area contributed by atoms with Crippen LogP contribution in [0.3, 0.4) is 0 Å². The second-order valence-electron chi connectivity index (χ2n) is 6.76. The number of hydrogen-bond donors (Lipinski definition) is 0. The summed E-state index contributed by atoms with van der Waals surface area (Å²) in [5.41, 5.74) is 2.55. The van der Waals surface area contributed by atoms with E-state index in [1.165, 1.54) is 16.2 Å². The summed E-state index contributed by atoms with van der Waals surface area (Å²) in [4.78, 5) is 44.7. The summed E-state index contributed by atoms with van der Waals surface area (Å²) in [7, 11) is 0. The predicted octanol–water partition coefficient (Wildman–Crippen LogP) is 4.30. The molecule has 2 heterocycles. The van der Waals surface area contributed by atoms with Crippen molar-refractivity contribution in [3.8, 4) is 11.3 Å². The van der Waals surface area contributed by atoms with Crippen LogP contribution >= 0.6 is 11.3 Å². The van der Waals surface area contributed by atoms with E-state index >= 15 is 0 Å². The van der Waals surface area contributed by atoms with Crippen LogP contribution in [-0.4, -0.2) is 29.3 Å². The van der Waals surface area contributed by atoms with Crippen LogP contribution in [-0.2, 0) is 9.59 Å². The Hall–Kier alpha value is -3.58. The molecule has 0 aliphatic carbocycles. The number of carbonyl (C=O) groups is 3. The van der Waals surface area contributed by atoms with Crippen LogP contribution in [0.25, 0.3) is 11.3 Å². The first kappa shape index (κ1) is 19.7. The largest absolute Gasteiger partial charge is 0.280 e. The van der Waals surface area contributed by atoms with E-state index in [0.29, 0.717) is 16.4 Å². The minimum absolute atomic E-state index is 0.195. The molecule has 0 unspecified atom stereocenters. The molecule has 0 bridgehead atoms. The highest BCUT2D eigenvalue weighted by Crippen LogP contribution is 2.29. The molecule has 7 heteroatoms. The summed E-state index contributed by atoms with van der Waals surface area (Å²) in [5, 5.41) is 2.46. The Morgan fingerprint density at radius 1 is 1.10 bits per heavy atom. The summed E-state index contributed by atoms with van der Waals surface area (Å²) >= 11 is 1.37. The number of hydrogen-bond acceptors (Lipinski definition) is 5. The minimum Gasteiger partial charge on any atom is -0.280 e. The first-order chi connectivity index (χ1) is 14.6. The van der Waals surface area contributed by atoms with E-state index in [4.69, 9.17) is 0 Å². The molecule has 0 atom stereocenters. The highest BCUT2D eigenvalue weighted by atomic mass is 32.1. The lowest BCUT2D eigenvalue weighted by atomic mass is 10.1. The van der Waals surface area contributed by atoms with Gasteiger partial charge in [-0.2, -0.15) is 0 Å². The average molecular weight is 417 g/mol. The molecule has 4 rings (SSSR count). The van der Waals surface area contributed by atoms with Crippen molar-refractivity contribution in [3.63, 3.8) is 0 Å². The van der Waals surface area contributed by atoms with Gasteiger partial charge in [0.25, 0.3) is 5.91 Å². The Kier molecular flexibility index (Phi) is 5.54. The van der Waals surface area contributed by atoms with Gasteiger partial charge in [0.05, 0.1) is 11.4 Å². The van der Waals surface area contributed by atoms with Gasteiger partial charge in [0, 0.05) is 35.9 Å². The number of aromatic nitrogens is 1. The second-order valence-corrected chi connectivity index (χ2v) is 7.60. The molecular weight excluding hydrogens is 398 g/mol. The Morgan fingerprint density at radius 3 is 2.53 bits per heavy atom. The average Bonchev–Trinajstić information content (AvgIpc) is 3.39. The topological polar surface area (TPSA) is 70.6 Å². The summed E-state index contributed by atoms with van der Waals surface area (Å²) in [6, 6.07) is 16.3. The number of nitrogens with zero attached hydrogens (tertiary/aromatic N) is 3. The monoisotopic (exact) mass is 417 g/mol. The van der Waals surface area contributed by atoms with Crippen molar-refractivity contribution >= 4 is 39.9 Å². The Balaban J connectivity index is 1.64. The van der Waals surface area contributed by atoms with Crippen molar-refractivity contribution in [2.24, 2.45) is 0 Å². The third kappa shape index (κ3) is 3.79. The molecule has 30 heavy (non-hydrogen) atoms. The Labute approximate surface area is 178 Å². The van der Waals surface area contributed by atoms with Crippen molar-refractivity contribution in [2.45, 2.75) is 12.8 Å². The summed E-state index contributed by atoms with van der Waals surface area (Å²) in [5.74, 6) is -0.773. The van der Waals surface area contributed by atoms with Gasteiger partial charge in [0.2, 0.25) is 11.8 Å². The van der Waals surface area contributed by atoms with E-state index < -0.39 is 0 Å². The maximum Gasteiger partial charge on any atom is 0.260 e. The molecule has 2 aromatic carbocycles. The van der Waals surface area contributed by atoms with Crippen LogP contribution in [0.2, 0.25) is 0 Å². The molecule has 1 aromatic heterocycles. The van der Waals surface area contributed by atoms with Crippen molar-refractivity contribution in [1.29, 1.82) is 0 Å². The maximum absolute atomic E-state index is 13.3. The second kappa shape index (κ2) is 8.42. The zero-order valence-corrected chi connectivity index (χ0v) is 17.0.